The van der Waals surface area contributed by atoms with Crippen LogP contribution in [0.3, 0.4) is 0 Å². The molecule has 0 spiro atoms. The van der Waals surface area contributed by atoms with E-state index in [0.717, 1.165) is 11.1 Å². The number of nitrogens with zero attached hydrogens (tertiary/aromatic N) is 1. The second-order valence-electron chi connectivity index (χ2n) is 2.77. The smallest absolute Gasteiger partial charge is 0.0994 e. The van der Waals surface area contributed by atoms with E-state index < -0.39 is 0 Å². The normalized spacial score (nSPS) is 10.2. The van der Waals surface area contributed by atoms with Crippen LogP contribution in [0.2, 0.25) is 0 Å². The van der Waals surface area contributed by atoms with Gasteiger partial charge in [-0.25, -0.2) is 0 Å². The van der Waals surface area contributed by atoms with Gasteiger partial charge in [0.1, 0.15) is 0 Å². The molecule has 0 fully saturated rings. The predicted octanol–water partition coefficient (Wildman–Crippen LogP) is 1.87. The molecule has 1 aromatic rings. The van der Waals surface area contributed by atoms with E-state index in [0.29, 0.717) is 5.56 Å². The van der Waals surface area contributed by atoms with Gasteiger partial charge in [-0.2, -0.15) is 5.26 Å². The van der Waals surface area contributed by atoms with Gasteiger partial charge in [-0.3, -0.25) is 0 Å². The van der Waals surface area contributed by atoms with Crippen molar-refractivity contribution in [2.24, 2.45) is 0 Å². The lowest BCUT2D eigenvalue weighted by Gasteiger charge is -1.97. The number of aliphatic hydroxyl groups excluding tert-OH is 1. The van der Waals surface area contributed by atoms with Gasteiger partial charge in [-0.15, -0.1) is 0 Å². The molecule has 1 aromatic carbocycles. The molecule has 0 radical (unpaired) electrons. The number of hydrogen-bond acceptors (Lipinski definition) is 2. The number of aryl methyl sites for hydroxylation is 1. The Kier molecular flexibility index (Phi) is 3.24. The van der Waals surface area contributed by atoms with Crippen LogP contribution >= 0.6 is 0 Å². The predicted molar refractivity (Wildman–Crippen MR) is 52.0 cm³/mol. The van der Waals surface area contributed by atoms with Crippen LogP contribution in [0.15, 0.2) is 24.3 Å². The molecule has 0 aliphatic rings. The van der Waals surface area contributed by atoms with Gasteiger partial charge in [0.05, 0.1) is 18.2 Å². The quantitative estimate of drug-likeness (QED) is 0.742. The highest BCUT2D eigenvalue weighted by atomic mass is 16.2. The van der Waals surface area contributed by atoms with Gasteiger partial charge < -0.3 is 5.11 Å². The Morgan fingerprint density at radius 3 is 2.92 bits per heavy atom. The molecule has 0 heterocycles. The Bertz CT molecular complexity index is 361. The average Bonchev–Trinajstić information content (AvgIpc) is 2.16. The first-order valence-electron chi connectivity index (χ1n) is 4.06. The first kappa shape index (κ1) is 9.50. The molecule has 2 nitrogen and oxygen atoms in total. The fraction of sp³-hybridized carbons (Fsp3) is 0.182. The maximum absolute atomic E-state index is 8.74. The summed E-state index contributed by atoms with van der Waals surface area (Å²) in [4.78, 5) is 0. The average molecular weight is 173 g/mol. The van der Waals surface area contributed by atoms with Crippen LogP contribution in [0.1, 0.15) is 16.7 Å². The fourth-order valence-corrected chi connectivity index (χ4v) is 1.05. The van der Waals surface area contributed by atoms with Crippen LogP contribution in [0.5, 0.6) is 0 Å². The van der Waals surface area contributed by atoms with Gasteiger partial charge >= 0.3 is 0 Å². The maximum Gasteiger partial charge on any atom is 0.0994 e. The molecule has 1 N–H and O–H groups in total. The monoisotopic (exact) mass is 173 g/mol. The largest absolute Gasteiger partial charge is 0.392 e. The number of hydrogen-bond donors (Lipinski definition) is 1. The van der Waals surface area contributed by atoms with Crippen molar-refractivity contribution in [1.82, 2.24) is 0 Å². The summed E-state index contributed by atoms with van der Waals surface area (Å²) in [5.41, 5.74) is 2.60. The highest BCUT2D eigenvalue weighted by Crippen LogP contribution is 2.10. The third-order valence-corrected chi connectivity index (χ3v) is 1.80. The molecule has 0 amide bonds. The van der Waals surface area contributed by atoms with Gasteiger partial charge in [-0.1, -0.05) is 24.3 Å². The molecule has 0 aliphatic carbocycles. The molecule has 0 aromatic heterocycles. The Labute approximate surface area is 77.8 Å². The van der Waals surface area contributed by atoms with Gasteiger partial charge in [0, 0.05) is 0 Å². The lowest BCUT2D eigenvalue weighted by Crippen LogP contribution is -1.83. The molecule has 66 valence electrons. The number of rotatable bonds is 2. The minimum absolute atomic E-state index is 0.0236. The number of nitriles is 1. The molecule has 13 heavy (non-hydrogen) atoms. The van der Waals surface area contributed by atoms with Crippen molar-refractivity contribution in [1.29, 1.82) is 5.26 Å². The highest BCUT2D eigenvalue weighted by Gasteiger charge is 1.96. The van der Waals surface area contributed by atoms with Crippen LogP contribution in [0.25, 0.3) is 6.08 Å². The zero-order valence-corrected chi connectivity index (χ0v) is 7.49. The standard InChI is InChI=1S/C11H11NO/c1-9-4-5-10(3-2-6-13)7-11(9)8-12/h2-5,7,13H,6H2,1H3. The second kappa shape index (κ2) is 4.44. The Morgan fingerprint density at radius 1 is 1.54 bits per heavy atom. The minimum Gasteiger partial charge on any atom is -0.392 e. The zero-order chi connectivity index (χ0) is 9.68. The second-order valence-corrected chi connectivity index (χ2v) is 2.77. The van der Waals surface area contributed by atoms with E-state index in [9.17, 15) is 0 Å². The Balaban J connectivity index is 3.01. The summed E-state index contributed by atoms with van der Waals surface area (Å²) in [5.74, 6) is 0. The first-order chi connectivity index (χ1) is 6.27. The summed E-state index contributed by atoms with van der Waals surface area (Å²) in [5, 5.41) is 17.3. The molecular weight excluding hydrogens is 162 g/mol. The van der Waals surface area contributed by atoms with E-state index in [1.165, 1.54) is 0 Å². The Hall–Kier alpha value is -1.59. The van der Waals surface area contributed by atoms with Gasteiger partial charge in [0.15, 0.2) is 0 Å². The summed E-state index contributed by atoms with van der Waals surface area (Å²) < 4.78 is 0. The molecular formula is C11H11NO. The van der Waals surface area contributed by atoms with Gasteiger partial charge in [-0.05, 0) is 24.1 Å². The molecule has 2 heteroatoms. The number of aliphatic hydroxyl groups is 1. The third-order valence-electron chi connectivity index (χ3n) is 1.80. The summed E-state index contributed by atoms with van der Waals surface area (Å²) >= 11 is 0. The van der Waals surface area contributed by atoms with Crippen LogP contribution < -0.4 is 0 Å². The van der Waals surface area contributed by atoms with E-state index in [1.54, 1.807) is 12.2 Å². The van der Waals surface area contributed by atoms with E-state index in [4.69, 9.17) is 10.4 Å². The van der Waals surface area contributed by atoms with Crippen molar-refractivity contribution in [2.75, 3.05) is 6.61 Å². The topological polar surface area (TPSA) is 44.0 Å². The van der Waals surface area contributed by atoms with Crippen molar-refractivity contribution in [2.45, 2.75) is 6.92 Å². The Morgan fingerprint density at radius 2 is 2.31 bits per heavy atom. The van der Waals surface area contributed by atoms with E-state index >= 15 is 0 Å². The van der Waals surface area contributed by atoms with Gasteiger partial charge in [0.2, 0.25) is 0 Å². The summed E-state index contributed by atoms with van der Waals surface area (Å²) in [6.45, 7) is 1.92. The molecule has 0 bridgehead atoms. The lowest BCUT2D eigenvalue weighted by molar-refractivity contribution is 0.343. The molecule has 0 unspecified atom stereocenters. The van der Waals surface area contributed by atoms with E-state index in [-0.39, 0.29) is 6.61 Å². The summed E-state index contributed by atoms with van der Waals surface area (Å²) in [7, 11) is 0. The SMILES string of the molecule is Cc1ccc(C=CCO)cc1C#N. The van der Waals surface area contributed by atoms with Crippen LogP contribution in [0.4, 0.5) is 0 Å². The lowest BCUT2D eigenvalue weighted by atomic mass is 10.1. The molecule has 0 atom stereocenters. The fourth-order valence-electron chi connectivity index (χ4n) is 1.05. The van der Waals surface area contributed by atoms with Crippen LogP contribution in [-0.4, -0.2) is 11.7 Å². The molecule has 0 saturated heterocycles. The van der Waals surface area contributed by atoms with Crippen LogP contribution in [-0.2, 0) is 0 Å². The van der Waals surface area contributed by atoms with Crippen LogP contribution in [0, 0.1) is 18.3 Å². The van der Waals surface area contributed by atoms with Crippen molar-refractivity contribution in [3.05, 3.63) is 41.0 Å². The zero-order valence-electron chi connectivity index (χ0n) is 7.49. The highest BCUT2D eigenvalue weighted by molar-refractivity contribution is 5.54. The van der Waals surface area contributed by atoms with E-state index in [1.807, 2.05) is 25.1 Å². The summed E-state index contributed by atoms with van der Waals surface area (Å²) in [6, 6.07) is 7.74. The number of benzene rings is 1. The van der Waals surface area contributed by atoms with Crippen molar-refractivity contribution in [3.63, 3.8) is 0 Å². The molecule has 0 saturated carbocycles. The van der Waals surface area contributed by atoms with Crippen molar-refractivity contribution >= 4 is 6.08 Å². The first-order valence-corrected chi connectivity index (χ1v) is 4.06. The maximum atomic E-state index is 8.74. The van der Waals surface area contributed by atoms with Crippen molar-refractivity contribution in [3.8, 4) is 6.07 Å². The summed E-state index contributed by atoms with van der Waals surface area (Å²) in [6.07, 6.45) is 3.44. The minimum atomic E-state index is 0.0236. The van der Waals surface area contributed by atoms with Crippen molar-refractivity contribution < 1.29 is 5.11 Å². The van der Waals surface area contributed by atoms with Gasteiger partial charge in [0.25, 0.3) is 0 Å². The van der Waals surface area contributed by atoms with E-state index in [2.05, 4.69) is 6.07 Å². The third kappa shape index (κ3) is 2.43. The molecule has 1 rings (SSSR count). The molecule has 0 aliphatic heterocycles.